The van der Waals surface area contributed by atoms with E-state index in [1.807, 2.05) is 50.5 Å². The highest BCUT2D eigenvalue weighted by Crippen LogP contribution is 2.30. The van der Waals surface area contributed by atoms with E-state index in [2.05, 4.69) is 10.6 Å². The van der Waals surface area contributed by atoms with Gasteiger partial charge in [-0.05, 0) is 50.4 Å². The van der Waals surface area contributed by atoms with Crippen LogP contribution in [0.4, 0.5) is 0 Å². The fourth-order valence-electron chi connectivity index (χ4n) is 3.45. The molecule has 3 rings (SSSR count). The highest BCUT2D eigenvalue weighted by molar-refractivity contribution is 7.78. The SMILES string of the molecule is CN(C(=O)/C(=C\C1CC=C(c2ccc(C=O)c(Cl)c2)O1)NC=S)C(C=O)Cc1ccccc1.CNC.CO. The molecule has 0 fully saturated rings. The molecule has 0 aliphatic carbocycles. The molecule has 1 amide bonds. The molecule has 2 atom stereocenters. The normalized spacial score (nSPS) is 14.7. The summed E-state index contributed by atoms with van der Waals surface area (Å²) < 4.78 is 5.97. The zero-order valence-electron chi connectivity index (χ0n) is 21.9. The maximum absolute atomic E-state index is 13.1. The van der Waals surface area contributed by atoms with Crippen molar-refractivity contribution in [2.45, 2.75) is 25.0 Å². The van der Waals surface area contributed by atoms with Gasteiger partial charge in [-0.1, -0.05) is 60.2 Å². The Morgan fingerprint density at radius 3 is 2.42 bits per heavy atom. The number of halogens is 1. The number of hydrogen-bond donors (Lipinski definition) is 3. The highest BCUT2D eigenvalue weighted by Gasteiger charge is 2.25. The van der Waals surface area contributed by atoms with E-state index in [9.17, 15) is 14.4 Å². The van der Waals surface area contributed by atoms with E-state index in [4.69, 9.17) is 33.7 Å². The largest absolute Gasteiger partial charge is 0.486 e. The van der Waals surface area contributed by atoms with Crippen molar-refractivity contribution in [1.29, 1.82) is 0 Å². The molecular weight excluding hydrogens is 526 g/mol. The van der Waals surface area contributed by atoms with E-state index in [1.54, 1.807) is 31.3 Å². The lowest BCUT2D eigenvalue weighted by Crippen LogP contribution is -2.42. The minimum absolute atomic E-state index is 0.224. The van der Waals surface area contributed by atoms with E-state index in [0.29, 0.717) is 35.5 Å². The minimum atomic E-state index is -0.633. The molecule has 2 unspecified atom stereocenters. The lowest BCUT2D eigenvalue weighted by Gasteiger charge is -2.25. The van der Waals surface area contributed by atoms with Gasteiger partial charge in [0.2, 0.25) is 0 Å². The first kappa shape index (κ1) is 32.7. The quantitative estimate of drug-likeness (QED) is 0.231. The molecular formula is C28H34ClN3O5S. The Kier molecular flexibility index (Phi) is 15.4. The summed E-state index contributed by atoms with van der Waals surface area (Å²) in [6.07, 6.45) is 5.51. The van der Waals surface area contributed by atoms with Crippen LogP contribution < -0.4 is 10.6 Å². The lowest BCUT2D eigenvalue weighted by atomic mass is 10.1. The first-order chi connectivity index (χ1) is 18.4. The summed E-state index contributed by atoms with van der Waals surface area (Å²) in [4.78, 5) is 37.2. The standard InChI is InChI=1S/C25H23ClN2O4S.C2H7N.CH4O/c1-28(20(15-30)11-17-5-3-2-4-6-17)25(31)23(27-16-33)13-21-9-10-24(32-21)18-7-8-19(14-29)22(26)12-18;1-3-2;1-2/h2-8,10,12-16,20-21H,9,11H2,1H3,(H,27,33);3H,1-2H3;2H,1H3/b23-13+;;. The Morgan fingerprint density at radius 1 is 1.21 bits per heavy atom. The van der Waals surface area contributed by atoms with E-state index in [0.717, 1.165) is 24.5 Å². The number of likely N-dealkylation sites (N-methyl/N-ethyl adjacent to an activating group) is 1. The summed E-state index contributed by atoms with van der Waals surface area (Å²) in [6.45, 7) is 0. The molecule has 2 aromatic rings. The van der Waals surface area contributed by atoms with Crippen LogP contribution in [0, 0.1) is 0 Å². The predicted molar refractivity (Wildman–Crippen MR) is 155 cm³/mol. The molecule has 2 aromatic carbocycles. The molecule has 0 saturated heterocycles. The lowest BCUT2D eigenvalue weighted by molar-refractivity contribution is -0.131. The van der Waals surface area contributed by atoms with Crippen LogP contribution in [0.25, 0.3) is 5.76 Å². The Balaban J connectivity index is 0.00000135. The van der Waals surface area contributed by atoms with Gasteiger partial charge in [0.15, 0.2) is 6.29 Å². The Bertz CT molecular complexity index is 1120. The number of ether oxygens (including phenoxy) is 1. The first-order valence-electron chi connectivity index (χ1n) is 11.7. The van der Waals surface area contributed by atoms with Gasteiger partial charge >= 0.3 is 0 Å². The third kappa shape index (κ3) is 9.83. The first-order valence-corrected chi connectivity index (χ1v) is 12.6. The van der Waals surface area contributed by atoms with Crippen LogP contribution in [-0.4, -0.2) is 74.4 Å². The molecule has 0 bridgehead atoms. The maximum atomic E-state index is 13.1. The number of aliphatic hydroxyl groups excluding tert-OH is 1. The number of carbonyl (C=O) groups excluding carboxylic acids is 3. The second-order valence-electron chi connectivity index (χ2n) is 7.97. The maximum Gasteiger partial charge on any atom is 0.270 e. The summed E-state index contributed by atoms with van der Waals surface area (Å²) in [5.41, 5.74) is 3.55. The van der Waals surface area contributed by atoms with Gasteiger partial charge in [0.05, 0.1) is 16.6 Å². The number of carbonyl (C=O) groups is 3. The van der Waals surface area contributed by atoms with Gasteiger partial charge in [0, 0.05) is 31.7 Å². The highest BCUT2D eigenvalue weighted by atomic mass is 35.5. The van der Waals surface area contributed by atoms with Crippen LogP contribution >= 0.6 is 23.8 Å². The molecule has 10 heteroatoms. The van der Waals surface area contributed by atoms with E-state index >= 15 is 0 Å². The van der Waals surface area contributed by atoms with Crippen LogP contribution in [-0.2, 0) is 20.7 Å². The molecule has 1 heterocycles. The molecule has 0 saturated carbocycles. The van der Waals surface area contributed by atoms with Gasteiger partial charge < -0.3 is 30.2 Å². The number of aliphatic hydroxyl groups is 1. The number of aldehydes is 2. The van der Waals surface area contributed by atoms with E-state index in [1.165, 1.54) is 10.4 Å². The zero-order valence-corrected chi connectivity index (χ0v) is 23.5. The van der Waals surface area contributed by atoms with Crippen molar-refractivity contribution < 1.29 is 24.2 Å². The molecule has 3 N–H and O–H groups in total. The Labute approximate surface area is 234 Å². The predicted octanol–water partition coefficient (Wildman–Crippen LogP) is 3.43. The van der Waals surface area contributed by atoms with Crippen LogP contribution in [0.3, 0.4) is 0 Å². The second-order valence-corrected chi connectivity index (χ2v) is 8.61. The fourth-order valence-corrected chi connectivity index (χ4v) is 3.80. The van der Waals surface area contributed by atoms with Gasteiger partial charge in [-0.2, -0.15) is 0 Å². The Hall–Kier alpha value is -3.37. The molecule has 0 radical (unpaired) electrons. The number of rotatable bonds is 10. The number of nitrogens with zero attached hydrogens (tertiary/aromatic N) is 1. The minimum Gasteiger partial charge on any atom is -0.486 e. The van der Waals surface area contributed by atoms with Crippen molar-refractivity contribution in [3.8, 4) is 0 Å². The topological polar surface area (TPSA) is 108 Å². The fraction of sp³-hybridized carbons (Fsp3) is 0.286. The second kappa shape index (κ2) is 18.0. The van der Waals surface area contributed by atoms with Crippen LogP contribution in [0.15, 0.2) is 66.4 Å². The number of hydrogen-bond acceptors (Lipinski definition) is 7. The van der Waals surface area contributed by atoms with Gasteiger partial charge in [-0.25, -0.2) is 0 Å². The smallest absolute Gasteiger partial charge is 0.270 e. The molecule has 38 heavy (non-hydrogen) atoms. The van der Waals surface area contributed by atoms with Crippen molar-refractivity contribution in [3.63, 3.8) is 0 Å². The van der Waals surface area contributed by atoms with Crippen molar-refractivity contribution in [3.05, 3.63) is 88.1 Å². The van der Waals surface area contributed by atoms with Gasteiger partial charge in [-0.15, -0.1) is 0 Å². The third-order valence-electron chi connectivity index (χ3n) is 5.29. The van der Waals surface area contributed by atoms with Crippen molar-refractivity contribution >= 4 is 53.5 Å². The van der Waals surface area contributed by atoms with Gasteiger partial charge in [0.25, 0.3) is 5.91 Å². The monoisotopic (exact) mass is 559 g/mol. The average molecular weight is 560 g/mol. The molecule has 8 nitrogen and oxygen atoms in total. The molecule has 0 aromatic heterocycles. The number of amides is 1. The zero-order chi connectivity index (χ0) is 28.5. The summed E-state index contributed by atoms with van der Waals surface area (Å²) in [7, 11) is 6.33. The molecule has 204 valence electrons. The van der Waals surface area contributed by atoms with Crippen LogP contribution in [0.5, 0.6) is 0 Å². The third-order valence-corrected chi connectivity index (χ3v) is 5.73. The van der Waals surface area contributed by atoms with E-state index < -0.39 is 12.1 Å². The van der Waals surface area contributed by atoms with Crippen LogP contribution in [0.2, 0.25) is 5.02 Å². The summed E-state index contributed by atoms with van der Waals surface area (Å²) >= 11 is 11.0. The average Bonchev–Trinajstić information content (AvgIpc) is 3.41. The number of thiocarbonyl (C=S) groups is 1. The summed E-state index contributed by atoms with van der Waals surface area (Å²) in [5, 5.41) is 12.9. The van der Waals surface area contributed by atoms with Crippen molar-refractivity contribution in [1.82, 2.24) is 15.5 Å². The van der Waals surface area contributed by atoms with Crippen molar-refractivity contribution in [2.75, 3.05) is 28.3 Å². The number of benzene rings is 2. The van der Waals surface area contributed by atoms with Crippen molar-refractivity contribution in [2.24, 2.45) is 0 Å². The molecule has 0 spiro atoms. The molecule has 1 aliphatic rings. The Morgan fingerprint density at radius 2 is 1.87 bits per heavy atom. The van der Waals surface area contributed by atoms with Gasteiger partial charge in [0.1, 0.15) is 23.8 Å². The summed E-state index contributed by atoms with van der Waals surface area (Å²) in [6, 6.07) is 13.9. The molecule has 1 aliphatic heterocycles. The number of nitrogens with one attached hydrogen (secondary N) is 2. The van der Waals surface area contributed by atoms with Gasteiger partial charge in [-0.3, -0.25) is 9.59 Å². The van der Waals surface area contributed by atoms with Crippen LogP contribution in [0.1, 0.15) is 27.9 Å². The summed E-state index contributed by atoms with van der Waals surface area (Å²) in [5.74, 6) is 0.229. The van der Waals surface area contributed by atoms with E-state index in [-0.39, 0.29) is 11.6 Å².